The maximum atomic E-state index is 13.4. The Bertz CT molecular complexity index is 1380. The van der Waals surface area contributed by atoms with Crippen LogP contribution in [0.5, 0.6) is 5.75 Å². The van der Waals surface area contributed by atoms with Crippen LogP contribution in [0, 0.1) is 0 Å². The van der Waals surface area contributed by atoms with E-state index in [-0.39, 0.29) is 31.2 Å². The molecule has 2 aromatic carbocycles. The Labute approximate surface area is 248 Å². The van der Waals surface area contributed by atoms with Crippen LogP contribution in [0.25, 0.3) is 0 Å². The van der Waals surface area contributed by atoms with Crippen LogP contribution in [-0.4, -0.2) is 85.6 Å². The minimum absolute atomic E-state index is 0.0653. The predicted molar refractivity (Wildman–Crippen MR) is 153 cm³/mol. The van der Waals surface area contributed by atoms with E-state index < -0.39 is 29.8 Å². The van der Waals surface area contributed by atoms with Gasteiger partial charge in [-0.2, -0.15) is 13.2 Å². The van der Waals surface area contributed by atoms with E-state index in [1.165, 1.54) is 30.2 Å². The average Bonchev–Trinajstić information content (AvgIpc) is 3.23. The van der Waals surface area contributed by atoms with E-state index in [0.717, 1.165) is 12.1 Å². The van der Waals surface area contributed by atoms with Gasteiger partial charge in [-0.05, 0) is 49.2 Å². The Morgan fingerprint density at radius 3 is 2.49 bits per heavy atom. The van der Waals surface area contributed by atoms with Gasteiger partial charge in [-0.1, -0.05) is 24.3 Å². The molecule has 0 aliphatic carbocycles. The summed E-state index contributed by atoms with van der Waals surface area (Å²) in [4.78, 5) is 45.1. The number of methoxy groups -OCH3 is 1. The number of nitrogens with zero attached hydrogens (tertiary/aromatic N) is 3. The van der Waals surface area contributed by atoms with Crippen LogP contribution in [0.3, 0.4) is 0 Å². The molecule has 3 amide bonds. The predicted octanol–water partition coefficient (Wildman–Crippen LogP) is 4.63. The molecule has 230 valence electrons. The van der Waals surface area contributed by atoms with Gasteiger partial charge < -0.3 is 19.7 Å². The van der Waals surface area contributed by atoms with Crippen molar-refractivity contribution in [2.24, 2.45) is 0 Å². The van der Waals surface area contributed by atoms with Gasteiger partial charge in [0.25, 0.3) is 5.91 Å². The molecule has 9 nitrogen and oxygen atoms in total. The van der Waals surface area contributed by atoms with Crippen molar-refractivity contribution < 1.29 is 37.0 Å². The number of nitrogens with one attached hydrogen (secondary N) is 1. The fourth-order valence-corrected chi connectivity index (χ4v) is 5.24. The van der Waals surface area contributed by atoms with Crippen molar-refractivity contribution in [3.05, 3.63) is 89.1 Å². The molecule has 2 aliphatic rings. The zero-order valence-electron chi connectivity index (χ0n) is 24.2. The number of hydrogen-bond donors (Lipinski definition) is 1. The molecule has 0 saturated carbocycles. The first kappa shape index (κ1) is 31.6. The van der Waals surface area contributed by atoms with Crippen LogP contribution in [0.4, 0.5) is 18.0 Å². The average molecular weight is 601 g/mol. The second kappa shape index (κ2) is 13.8. The Hall–Kier alpha value is -4.32. The molecule has 0 spiro atoms. The molecule has 1 N–H and O–H groups in total. The molecule has 1 atom stereocenters. The van der Waals surface area contributed by atoms with Crippen LogP contribution in [0.15, 0.2) is 72.5 Å². The Morgan fingerprint density at radius 2 is 1.84 bits per heavy atom. The maximum Gasteiger partial charge on any atom is 0.416 e. The molecular formula is C31H35F3N4O5. The van der Waals surface area contributed by atoms with Gasteiger partial charge in [0.1, 0.15) is 5.75 Å². The number of rotatable bonds is 9. The van der Waals surface area contributed by atoms with Gasteiger partial charge in [0.05, 0.1) is 30.9 Å². The quantitative estimate of drug-likeness (QED) is 0.334. The first-order chi connectivity index (χ1) is 20.6. The first-order valence-corrected chi connectivity index (χ1v) is 14.0. The normalized spacial score (nSPS) is 18.2. The van der Waals surface area contributed by atoms with Gasteiger partial charge in [-0.3, -0.25) is 14.6 Å². The lowest BCUT2D eigenvalue weighted by Crippen LogP contribution is -2.51. The third kappa shape index (κ3) is 7.37. The molecule has 12 heteroatoms. The fraction of sp³-hybridized carbons (Fsp3) is 0.387. The molecule has 2 aliphatic heterocycles. The molecule has 1 fully saturated rings. The van der Waals surface area contributed by atoms with Gasteiger partial charge in [-0.25, -0.2) is 9.59 Å². The van der Waals surface area contributed by atoms with E-state index in [4.69, 9.17) is 9.47 Å². The van der Waals surface area contributed by atoms with Gasteiger partial charge in [0.15, 0.2) is 0 Å². The Kier molecular flexibility index (Phi) is 10.1. The highest BCUT2D eigenvalue weighted by Gasteiger charge is 2.39. The fourth-order valence-electron chi connectivity index (χ4n) is 5.24. The Morgan fingerprint density at radius 1 is 1.09 bits per heavy atom. The summed E-state index contributed by atoms with van der Waals surface area (Å²) in [5.41, 5.74) is 0.494. The van der Waals surface area contributed by atoms with Crippen LogP contribution < -0.4 is 10.1 Å². The van der Waals surface area contributed by atoms with Crippen LogP contribution in [-0.2, 0) is 15.7 Å². The third-order valence-corrected chi connectivity index (χ3v) is 7.38. The lowest BCUT2D eigenvalue weighted by molar-refractivity contribution is -0.139. The number of ether oxygens (including phenoxy) is 2. The van der Waals surface area contributed by atoms with Gasteiger partial charge in [0, 0.05) is 50.5 Å². The summed E-state index contributed by atoms with van der Waals surface area (Å²) in [6, 6.07) is 9.75. The van der Waals surface area contributed by atoms with Crippen molar-refractivity contribution in [3.63, 3.8) is 0 Å². The number of amides is 3. The van der Waals surface area contributed by atoms with Gasteiger partial charge in [-0.15, -0.1) is 6.58 Å². The summed E-state index contributed by atoms with van der Waals surface area (Å²) in [5, 5.41) is 2.76. The van der Waals surface area contributed by atoms with Gasteiger partial charge >= 0.3 is 18.2 Å². The van der Waals surface area contributed by atoms with Crippen LogP contribution in [0.2, 0.25) is 0 Å². The zero-order valence-corrected chi connectivity index (χ0v) is 24.2. The maximum absolute atomic E-state index is 13.4. The lowest BCUT2D eigenvalue weighted by atomic mass is 9.93. The van der Waals surface area contributed by atoms with E-state index in [1.54, 1.807) is 36.1 Å². The number of hydrogen-bond acceptors (Lipinski definition) is 6. The topological polar surface area (TPSA) is 91.4 Å². The van der Waals surface area contributed by atoms with Crippen molar-refractivity contribution in [3.8, 4) is 5.75 Å². The van der Waals surface area contributed by atoms with Crippen molar-refractivity contribution in [2.45, 2.75) is 25.6 Å². The monoisotopic (exact) mass is 600 g/mol. The molecule has 43 heavy (non-hydrogen) atoms. The Balaban J connectivity index is 1.65. The number of carbonyl (C=O) groups is 3. The molecule has 4 rings (SSSR count). The zero-order chi connectivity index (χ0) is 31.1. The molecule has 1 unspecified atom stereocenters. The first-order valence-electron chi connectivity index (χ1n) is 14.0. The van der Waals surface area contributed by atoms with E-state index >= 15 is 0 Å². The molecule has 1 saturated heterocycles. The largest absolute Gasteiger partial charge is 0.497 e. The van der Waals surface area contributed by atoms with E-state index in [9.17, 15) is 27.6 Å². The number of carbonyl (C=O) groups excluding carboxylic acids is 3. The number of urea groups is 1. The minimum Gasteiger partial charge on any atom is -0.497 e. The third-order valence-electron chi connectivity index (χ3n) is 7.38. The second-order valence-corrected chi connectivity index (χ2v) is 10.1. The summed E-state index contributed by atoms with van der Waals surface area (Å²) < 4.78 is 50.3. The molecule has 2 heterocycles. The van der Waals surface area contributed by atoms with E-state index in [0.29, 0.717) is 55.2 Å². The van der Waals surface area contributed by atoms with Crippen LogP contribution in [0.1, 0.15) is 40.9 Å². The number of halogens is 3. The summed E-state index contributed by atoms with van der Waals surface area (Å²) in [7, 11) is 1.54. The number of esters is 1. The second-order valence-electron chi connectivity index (χ2n) is 10.1. The van der Waals surface area contributed by atoms with Gasteiger partial charge in [0.2, 0.25) is 0 Å². The minimum atomic E-state index is -4.53. The SMILES string of the molecule is C=CCN1C(=O)NC(c2ccc(C(F)(F)F)cc2)C(C(=O)OCC)=C1CN1CCCN(C(=O)c2cccc(OC)c2)CC1. The summed E-state index contributed by atoms with van der Waals surface area (Å²) >= 11 is 0. The van der Waals surface area contributed by atoms with E-state index in [1.807, 2.05) is 4.90 Å². The van der Waals surface area contributed by atoms with Crippen molar-refractivity contribution in [1.29, 1.82) is 0 Å². The lowest BCUT2D eigenvalue weighted by Gasteiger charge is -2.38. The molecular weight excluding hydrogens is 565 g/mol. The highest BCUT2D eigenvalue weighted by molar-refractivity contribution is 5.95. The molecule has 0 radical (unpaired) electrons. The summed E-state index contributed by atoms with van der Waals surface area (Å²) in [6.07, 6.45) is -2.36. The highest BCUT2D eigenvalue weighted by atomic mass is 19.4. The standard InChI is InChI=1S/C31H35F3N4O5/c1-4-14-38-25(20-36-15-7-16-37(18-17-36)28(39)22-8-6-9-24(19-22)42-3)26(29(40)43-5-2)27(35-30(38)41)21-10-12-23(13-11-21)31(32,33)34/h4,6,8-13,19,27H,1,5,7,14-18,20H2,2-3H3,(H,35,41). The smallest absolute Gasteiger partial charge is 0.416 e. The van der Waals surface area contributed by atoms with Crippen LogP contribution >= 0.6 is 0 Å². The van der Waals surface area contributed by atoms with E-state index in [2.05, 4.69) is 11.9 Å². The molecule has 2 aromatic rings. The molecule has 0 bridgehead atoms. The summed E-state index contributed by atoms with van der Waals surface area (Å²) in [5.74, 6) is -0.220. The van der Waals surface area contributed by atoms with Crippen molar-refractivity contribution in [1.82, 2.24) is 20.0 Å². The number of alkyl halides is 3. The molecule has 0 aromatic heterocycles. The highest BCUT2D eigenvalue weighted by Crippen LogP contribution is 2.35. The van der Waals surface area contributed by atoms with Crippen molar-refractivity contribution in [2.75, 3.05) is 53.0 Å². The number of benzene rings is 2. The summed E-state index contributed by atoms with van der Waals surface area (Å²) in [6.45, 7) is 7.69. The van der Waals surface area contributed by atoms with Crippen molar-refractivity contribution >= 4 is 17.9 Å².